The zero-order valence-corrected chi connectivity index (χ0v) is 12.8. The van der Waals surface area contributed by atoms with Gasteiger partial charge in [0.2, 0.25) is 5.91 Å². The van der Waals surface area contributed by atoms with Gasteiger partial charge in [-0.15, -0.1) is 0 Å². The maximum absolute atomic E-state index is 12.1. The summed E-state index contributed by atoms with van der Waals surface area (Å²) in [4.78, 5) is 15.3. The van der Waals surface area contributed by atoms with Crippen molar-refractivity contribution in [2.45, 2.75) is 18.9 Å². The van der Waals surface area contributed by atoms with E-state index in [4.69, 9.17) is 5.73 Å². The van der Waals surface area contributed by atoms with Crippen molar-refractivity contribution in [3.05, 3.63) is 36.0 Å². The number of fused-ring (bicyclic) bond motifs is 1. The van der Waals surface area contributed by atoms with Gasteiger partial charge in [-0.2, -0.15) is 11.8 Å². The Morgan fingerprint density at radius 1 is 1.48 bits per heavy atom. The van der Waals surface area contributed by atoms with E-state index < -0.39 is 6.04 Å². The van der Waals surface area contributed by atoms with Crippen molar-refractivity contribution in [3.63, 3.8) is 0 Å². The van der Waals surface area contributed by atoms with E-state index >= 15 is 0 Å². The molecule has 1 aliphatic rings. The van der Waals surface area contributed by atoms with Crippen LogP contribution in [0.5, 0.6) is 0 Å². The minimum atomic E-state index is -0.488. The molecule has 4 nitrogen and oxygen atoms in total. The van der Waals surface area contributed by atoms with E-state index in [-0.39, 0.29) is 5.91 Å². The lowest BCUT2D eigenvalue weighted by Gasteiger charge is -2.14. The molecule has 4 N–H and O–H groups in total. The zero-order valence-electron chi connectivity index (χ0n) is 12.0. The summed E-state index contributed by atoms with van der Waals surface area (Å²) in [5.41, 5.74) is 8.24. The number of rotatable bonds is 5. The molecule has 1 aromatic carbocycles. The fourth-order valence-electron chi connectivity index (χ4n) is 2.75. The molecule has 1 unspecified atom stereocenters. The number of H-pyrrole nitrogens is 1. The molecule has 0 saturated carbocycles. The van der Waals surface area contributed by atoms with Gasteiger partial charge < -0.3 is 16.0 Å². The Labute approximate surface area is 128 Å². The molecule has 2 heterocycles. The van der Waals surface area contributed by atoms with Crippen LogP contribution < -0.4 is 11.1 Å². The van der Waals surface area contributed by atoms with Crippen LogP contribution in [-0.4, -0.2) is 35.0 Å². The van der Waals surface area contributed by atoms with Crippen LogP contribution in [0.3, 0.4) is 0 Å². The summed E-state index contributed by atoms with van der Waals surface area (Å²) in [5.74, 6) is 2.93. The molecule has 1 aliphatic heterocycles. The molecule has 5 heteroatoms. The first kappa shape index (κ1) is 14.5. The summed E-state index contributed by atoms with van der Waals surface area (Å²) in [6.07, 6.45) is 3.71. The summed E-state index contributed by atoms with van der Waals surface area (Å²) < 4.78 is 0. The topological polar surface area (TPSA) is 70.9 Å². The van der Waals surface area contributed by atoms with Gasteiger partial charge in [-0.1, -0.05) is 18.2 Å². The van der Waals surface area contributed by atoms with Crippen molar-refractivity contribution < 1.29 is 4.79 Å². The number of para-hydroxylation sites is 1. The second kappa shape index (κ2) is 6.54. The van der Waals surface area contributed by atoms with Crippen LogP contribution in [0.1, 0.15) is 12.0 Å². The molecule has 3 rings (SSSR count). The molecular formula is C16H21N3OS. The third-order valence-electron chi connectivity index (χ3n) is 4.04. The lowest BCUT2D eigenvalue weighted by atomic mass is 10.0. The van der Waals surface area contributed by atoms with Crippen molar-refractivity contribution in [2.75, 3.05) is 18.1 Å². The summed E-state index contributed by atoms with van der Waals surface area (Å²) in [7, 11) is 0. The molecule has 1 fully saturated rings. The van der Waals surface area contributed by atoms with Crippen LogP contribution in [0, 0.1) is 5.92 Å². The molecule has 1 saturated heterocycles. The SMILES string of the molecule is N[C@@H](Cc1c[nH]c2ccccc12)C(=O)NCC1CCSC1. The summed E-state index contributed by atoms with van der Waals surface area (Å²) in [6.45, 7) is 0.757. The first-order valence-corrected chi connectivity index (χ1v) is 8.55. The fourth-order valence-corrected chi connectivity index (χ4v) is 4.03. The van der Waals surface area contributed by atoms with Gasteiger partial charge in [0.05, 0.1) is 6.04 Å². The van der Waals surface area contributed by atoms with E-state index in [2.05, 4.69) is 16.4 Å². The highest BCUT2D eigenvalue weighted by Crippen LogP contribution is 2.22. The van der Waals surface area contributed by atoms with Crippen LogP contribution in [-0.2, 0) is 11.2 Å². The van der Waals surface area contributed by atoms with Crippen molar-refractivity contribution in [1.29, 1.82) is 0 Å². The largest absolute Gasteiger partial charge is 0.361 e. The zero-order chi connectivity index (χ0) is 14.7. The Morgan fingerprint density at radius 3 is 3.14 bits per heavy atom. The monoisotopic (exact) mass is 303 g/mol. The molecule has 112 valence electrons. The van der Waals surface area contributed by atoms with E-state index in [1.54, 1.807) is 0 Å². The molecule has 1 amide bonds. The molecule has 2 aromatic rings. The molecule has 0 aliphatic carbocycles. The molecular weight excluding hydrogens is 282 g/mol. The highest BCUT2D eigenvalue weighted by Gasteiger charge is 2.19. The molecule has 0 radical (unpaired) electrons. The fraction of sp³-hybridized carbons (Fsp3) is 0.438. The summed E-state index contributed by atoms with van der Waals surface area (Å²) in [5, 5.41) is 4.14. The lowest BCUT2D eigenvalue weighted by Crippen LogP contribution is -2.43. The summed E-state index contributed by atoms with van der Waals surface area (Å²) in [6, 6.07) is 7.60. The highest BCUT2D eigenvalue weighted by atomic mass is 32.2. The predicted octanol–water partition coefficient (Wildman–Crippen LogP) is 1.91. The standard InChI is InChI=1S/C16H21N3OS/c17-14(16(20)19-8-11-5-6-21-10-11)7-12-9-18-15-4-2-1-3-13(12)15/h1-4,9,11,14,18H,5-8,10,17H2,(H,19,20)/t11?,14-/m0/s1. The minimum absolute atomic E-state index is 0.0443. The van der Waals surface area contributed by atoms with Crippen molar-refractivity contribution in [3.8, 4) is 0 Å². The maximum Gasteiger partial charge on any atom is 0.237 e. The average Bonchev–Trinajstić information content (AvgIpc) is 3.15. The quantitative estimate of drug-likeness (QED) is 0.790. The number of thioether (sulfide) groups is 1. The Balaban J connectivity index is 1.57. The van der Waals surface area contributed by atoms with Crippen LogP contribution in [0.2, 0.25) is 0 Å². The molecule has 2 atom stereocenters. The molecule has 0 bridgehead atoms. The number of hydrogen-bond acceptors (Lipinski definition) is 3. The van der Waals surface area contributed by atoms with Crippen molar-refractivity contribution >= 4 is 28.6 Å². The Hall–Kier alpha value is -1.46. The smallest absolute Gasteiger partial charge is 0.237 e. The van der Waals surface area contributed by atoms with E-state index in [0.29, 0.717) is 12.3 Å². The molecule has 0 spiro atoms. The summed E-state index contributed by atoms with van der Waals surface area (Å²) >= 11 is 1.96. The van der Waals surface area contributed by atoms with Gasteiger partial charge in [-0.25, -0.2) is 0 Å². The predicted molar refractivity (Wildman–Crippen MR) is 88.4 cm³/mol. The van der Waals surface area contributed by atoms with E-state index in [1.807, 2.05) is 36.2 Å². The van der Waals surface area contributed by atoms with Gasteiger partial charge in [0.15, 0.2) is 0 Å². The maximum atomic E-state index is 12.1. The highest BCUT2D eigenvalue weighted by molar-refractivity contribution is 7.99. The number of carbonyl (C=O) groups excluding carboxylic acids is 1. The first-order valence-electron chi connectivity index (χ1n) is 7.40. The molecule has 21 heavy (non-hydrogen) atoms. The Bertz CT molecular complexity index is 619. The Kier molecular flexibility index (Phi) is 4.51. The van der Waals surface area contributed by atoms with Crippen molar-refractivity contribution in [2.24, 2.45) is 11.7 Å². The van der Waals surface area contributed by atoms with Crippen LogP contribution in [0.25, 0.3) is 10.9 Å². The average molecular weight is 303 g/mol. The lowest BCUT2D eigenvalue weighted by molar-refractivity contribution is -0.122. The van der Waals surface area contributed by atoms with E-state index in [1.165, 1.54) is 12.2 Å². The number of hydrogen-bond donors (Lipinski definition) is 3. The first-order chi connectivity index (χ1) is 10.2. The van der Waals surface area contributed by atoms with E-state index in [0.717, 1.165) is 28.8 Å². The number of nitrogens with two attached hydrogens (primary N) is 1. The number of aromatic amines is 1. The van der Waals surface area contributed by atoms with Crippen LogP contribution in [0.15, 0.2) is 30.5 Å². The second-order valence-electron chi connectivity index (χ2n) is 5.64. The van der Waals surface area contributed by atoms with Gasteiger partial charge in [-0.3, -0.25) is 4.79 Å². The van der Waals surface area contributed by atoms with Crippen LogP contribution >= 0.6 is 11.8 Å². The van der Waals surface area contributed by atoms with Gasteiger partial charge in [0.25, 0.3) is 0 Å². The number of carbonyl (C=O) groups is 1. The van der Waals surface area contributed by atoms with Crippen molar-refractivity contribution in [1.82, 2.24) is 10.3 Å². The second-order valence-corrected chi connectivity index (χ2v) is 6.79. The third-order valence-corrected chi connectivity index (χ3v) is 5.27. The van der Waals surface area contributed by atoms with Gasteiger partial charge in [0.1, 0.15) is 0 Å². The molecule has 1 aromatic heterocycles. The van der Waals surface area contributed by atoms with Gasteiger partial charge in [-0.05, 0) is 41.9 Å². The Morgan fingerprint density at radius 2 is 2.33 bits per heavy atom. The minimum Gasteiger partial charge on any atom is -0.361 e. The number of aromatic nitrogens is 1. The number of amides is 1. The van der Waals surface area contributed by atoms with Gasteiger partial charge in [0, 0.05) is 23.6 Å². The number of nitrogens with one attached hydrogen (secondary N) is 2. The normalized spacial score (nSPS) is 19.8. The number of benzene rings is 1. The van der Waals surface area contributed by atoms with Gasteiger partial charge >= 0.3 is 0 Å². The third kappa shape index (κ3) is 3.41. The van der Waals surface area contributed by atoms with E-state index in [9.17, 15) is 4.79 Å². The van der Waals surface area contributed by atoms with Crippen LogP contribution in [0.4, 0.5) is 0 Å².